The van der Waals surface area contributed by atoms with Gasteiger partial charge in [-0.15, -0.1) is 0 Å². The van der Waals surface area contributed by atoms with Gasteiger partial charge in [-0.25, -0.2) is 4.98 Å². The van der Waals surface area contributed by atoms with E-state index in [1.54, 1.807) is 30.0 Å². The monoisotopic (exact) mass is 510 g/mol. The molecule has 5 rings (SSSR count). The molecule has 8 heteroatoms. The topological polar surface area (TPSA) is 67.2 Å². The molecule has 3 aromatic rings. The van der Waals surface area contributed by atoms with Crippen LogP contribution in [0, 0.1) is 0 Å². The Hall–Kier alpha value is -2.83. The fraction of sp³-hybridized carbons (Fsp3) is 0.370. The number of hydrogen-bond donors (Lipinski definition) is 1. The first kappa shape index (κ1) is 23.9. The van der Waals surface area contributed by atoms with E-state index >= 15 is 0 Å². The second-order valence-electron chi connectivity index (χ2n) is 9.39. The fourth-order valence-corrected chi connectivity index (χ4v) is 5.60. The Morgan fingerprint density at radius 3 is 2.69 bits per heavy atom. The van der Waals surface area contributed by atoms with Gasteiger partial charge in [0.15, 0.2) is 0 Å². The molecule has 0 radical (unpaired) electrons. The third kappa shape index (κ3) is 5.24. The van der Waals surface area contributed by atoms with E-state index in [-0.39, 0.29) is 18.1 Å². The number of pyridine rings is 1. The van der Waals surface area contributed by atoms with Gasteiger partial charge in [-0.3, -0.25) is 9.59 Å². The number of halogens is 2. The number of hydrogen-bond acceptors (Lipinski definition) is 4. The molecule has 2 aromatic heterocycles. The highest BCUT2D eigenvalue weighted by atomic mass is 35.5. The van der Waals surface area contributed by atoms with Crippen LogP contribution in [0.5, 0.6) is 0 Å². The third-order valence-electron chi connectivity index (χ3n) is 6.76. The Bertz CT molecular complexity index is 1270. The van der Waals surface area contributed by atoms with Crippen molar-refractivity contribution in [2.24, 2.45) is 0 Å². The molecule has 2 aliphatic heterocycles. The minimum absolute atomic E-state index is 0.00702. The number of rotatable bonds is 7. The van der Waals surface area contributed by atoms with E-state index in [1.807, 2.05) is 10.6 Å². The summed E-state index contributed by atoms with van der Waals surface area (Å²) in [6, 6.07) is 11.1. The van der Waals surface area contributed by atoms with Crippen molar-refractivity contribution in [1.82, 2.24) is 14.5 Å². The first-order valence-corrected chi connectivity index (χ1v) is 12.8. The zero-order valence-electron chi connectivity index (χ0n) is 19.7. The molecule has 0 unspecified atom stereocenters. The highest BCUT2D eigenvalue weighted by Crippen LogP contribution is 2.33. The van der Waals surface area contributed by atoms with Crippen molar-refractivity contribution < 1.29 is 9.59 Å². The van der Waals surface area contributed by atoms with Gasteiger partial charge in [-0.2, -0.15) is 0 Å². The maximum atomic E-state index is 13.5. The predicted octanol–water partition coefficient (Wildman–Crippen LogP) is 5.51. The van der Waals surface area contributed by atoms with Crippen LogP contribution in [0.15, 0.2) is 42.6 Å². The first-order valence-electron chi connectivity index (χ1n) is 12.1. The number of carbonyl (C=O) groups is 2. The van der Waals surface area contributed by atoms with E-state index < -0.39 is 6.04 Å². The summed E-state index contributed by atoms with van der Waals surface area (Å²) in [5.41, 5.74) is 4.86. The minimum Gasteiger partial charge on any atom is -0.370 e. The standard InChI is InChI=1S/C27H28Cl2N4O2/c1-17(34)11-24(20-13-21(28)15-22(29)14-20)33-10-9-32-16-18(12-25(32)27(33)35)4-6-23-7-5-19-3-2-8-30-26(19)31-23/h5,7,12-16,24H,2-4,6,8-11H2,1H3,(H,30,31)/t24-/m0/s1. The molecule has 0 bridgehead atoms. The van der Waals surface area contributed by atoms with E-state index in [9.17, 15) is 9.59 Å². The number of amides is 1. The zero-order valence-corrected chi connectivity index (χ0v) is 21.2. The summed E-state index contributed by atoms with van der Waals surface area (Å²) in [5.74, 6) is 0.932. The molecule has 1 N–H and O–H groups in total. The van der Waals surface area contributed by atoms with Crippen molar-refractivity contribution in [3.63, 3.8) is 0 Å². The van der Waals surface area contributed by atoms with Crippen LogP contribution < -0.4 is 5.32 Å². The lowest BCUT2D eigenvalue weighted by Gasteiger charge is -2.35. The Kier molecular flexibility index (Phi) is 6.85. The molecule has 35 heavy (non-hydrogen) atoms. The SMILES string of the molecule is CC(=O)C[C@@H](c1cc(Cl)cc(Cl)c1)N1CCn2cc(CCc3ccc4c(n3)NCCC4)cc2C1=O. The Labute approximate surface area is 215 Å². The number of nitrogens with zero attached hydrogens (tertiary/aromatic N) is 3. The summed E-state index contributed by atoms with van der Waals surface area (Å²) >= 11 is 12.5. The molecule has 2 aliphatic rings. The molecular formula is C27H28Cl2N4O2. The Morgan fingerprint density at radius 1 is 1.11 bits per heavy atom. The van der Waals surface area contributed by atoms with Gasteiger partial charge in [0.25, 0.3) is 5.91 Å². The van der Waals surface area contributed by atoms with Crippen molar-refractivity contribution in [1.29, 1.82) is 0 Å². The lowest BCUT2D eigenvalue weighted by atomic mass is 9.98. The predicted molar refractivity (Wildman–Crippen MR) is 138 cm³/mol. The average molecular weight is 511 g/mol. The largest absolute Gasteiger partial charge is 0.370 e. The molecule has 182 valence electrons. The second-order valence-corrected chi connectivity index (χ2v) is 10.3. The molecule has 0 saturated heterocycles. The van der Waals surface area contributed by atoms with Crippen LogP contribution >= 0.6 is 23.2 Å². The van der Waals surface area contributed by atoms with Crippen LogP contribution in [0.4, 0.5) is 5.82 Å². The van der Waals surface area contributed by atoms with Gasteiger partial charge in [0, 0.05) is 48.0 Å². The summed E-state index contributed by atoms with van der Waals surface area (Å²) in [5, 5.41) is 4.37. The van der Waals surface area contributed by atoms with Gasteiger partial charge in [0.2, 0.25) is 0 Å². The van der Waals surface area contributed by atoms with Crippen molar-refractivity contribution in [3.05, 3.63) is 80.7 Å². The maximum Gasteiger partial charge on any atom is 0.271 e. The van der Waals surface area contributed by atoms with Crippen LogP contribution in [0.2, 0.25) is 10.0 Å². The van der Waals surface area contributed by atoms with Crippen LogP contribution in [0.3, 0.4) is 0 Å². The zero-order chi connectivity index (χ0) is 24.5. The number of fused-ring (bicyclic) bond motifs is 2. The molecular weight excluding hydrogens is 483 g/mol. The number of aryl methyl sites for hydroxylation is 3. The maximum absolute atomic E-state index is 13.5. The van der Waals surface area contributed by atoms with Gasteiger partial charge < -0.3 is 14.8 Å². The van der Waals surface area contributed by atoms with Crippen molar-refractivity contribution in [2.45, 2.75) is 51.6 Å². The highest BCUT2D eigenvalue weighted by Gasteiger charge is 2.32. The van der Waals surface area contributed by atoms with Gasteiger partial charge >= 0.3 is 0 Å². The second kappa shape index (κ2) is 10.0. The molecule has 6 nitrogen and oxygen atoms in total. The van der Waals surface area contributed by atoms with E-state index in [0.717, 1.165) is 54.9 Å². The smallest absolute Gasteiger partial charge is 0.271 e. The number of benzene rings is 1. The number of anilines is 1. The average Bonchev–Trinajstić information content (AvgIpc) is 3.25. The Balaban J connectivity index is 1.34. The normalized spacial score (nSPS) is 15.9. The third-order valence-corrected chi connectivity index (χ3v) is 7.20. The number of ketones is 1. The molecule has 4 heterocycles. The van der Waals surface area contributed by atoms with Crippen molar-refractivity contribution in [3.8, 4) is 0 Å². The van der Waals surface area contributed by atoms with Crippen LogP contribution in [-0.4, -0.2) is 39.2 Å². The van der Waals surface area contributed by atoms with Gasteiger partial charge in [-0.05, 0) is 79.6 Å². The van der Waals surface area contributed by atoms with Crippen LogP contribution in [0.1, 0.15) is 58.7 Å². The lowest BCUT2D eigenvalue weighted by Crippen LogP contribution is -2.42. The van der Waals surface area contributed by atoms with Gasteiger partial charge in [0.1, 0.15) is 17.3 Å². The Morgan fingerprint density at radius 2 is 1.91 bits per heavy atom. The van der Waals surface area contributed by atoms with E-state index in [4.69, 9.17) is 28.2 Å². The molecule has 0 fully saturated rings. The molecule has 1 atom stereocenters. The summed E-state index contributed by atoms with van der Waals surface area (Å²) in [7, 11) is 0. The summed E-state index contributed by atoms with van der Waals surface area (Å²) in [4.78, 5) is 32.2. The van der Waals surface area contributed by atoms with Crippen molar-refractivity contribution in [2.75, 3.05) is 18.4 Å². The molecule has 0 aliphatic carbocycles. The minimum atomic E-state index is -0.407. The number of carbonyl (C=O) groups excluding carboxylic acids is 2. The van der Waals surface area contributed by atoms with Gasteiger partial charge in [0.05, 0.1) is 6.04 Å². The number of Topliss-reactive ketones (excluding diaryl/α,β-unsaturated/α-hetero) is 1. The van der Waals surface area contributed by atoms with Gasteiger partial charge in [-0.1, -0.05) is 29.3 Å². The van der Waals surface area contributed by atoms with Crippen molar-refractivity contribution >= 4 is 40.7 Å². The van der Waals surface area contributed by atoms with E-state index in [2.05, 4.69) is 23.6 Å². The highest BCUT2D eigenvalue weighted by molar-refractivity contribution is 6.34. The van der Waals surface area contributed by atoms with Crippen LogP contribution in [0.25, 0.3) is 0 Å². The summed E-state index contributed by atoms with van der Waals surface area (Å²) in [6.45, 7) is 3.70. The quantitative estimate of drug-likeness (QED) is 0.455. The molecule has 1 aromatic carbocycles. The summed E-state index contributed by atoms with van der Waals surface area (Å²) < 4.78 is 2.02. The molecule has 0 spiro atoms. The number of nitrogens with one attached hydrogen (secondary N) is 1. The fourth-order valence-electron chi connectivity index (χ4n) is 5.06. The first-order chi connectivity index (χ1) is 16.9. The van der Waals surface area contributed by atoms with Crippen LogP contribution in [-0.2, 0) is 30.6 Å². The summed E-state index contributed by atoms with van der Waals surface area (Å²) in [6.07, 6.45) is 6.12. The van der Waals surface area contributed by atoms with E-state index in [0.29, 0.717) is 28.8 Å². The van der Waals surface area contributed by atoms with E-state index in [1.165, 1.54) is 5.56 Å². The lowest BCUT2D eigenvalue weighted by molar-refractivity contribution is -0.118. The molecule has 0 saturated carbocycles. The molecule has 1 amide bonds. The number of aromatic nitrogens is 2.